The third-order valence-electron chi connectivity index (χ3n) is 7.66. The van der Waals surface area contributed by atoms with E-state index in [1.807, 2.05) is 60.7 Å². The molecule has 1 amide bonds. The van der Waals surface area contributed by atoms with Crippen LogP contribution < -0.4 is 10.5 Å². The molecule has 3 aromatic rings. The number of phenols is 1. The monoisotopic (exact) mass is 540 g/mol. The number of nitrogens with two attached hydrogens (primary N) is 1. The fraction of sp³-hybridized carbons (Fsp3) is 0.367. The van der Waals surface area contributed by atoms with Gasteiger partial charge in [0.15, 0.2) is 0 Å². The van der Waals surface area contributed by atoms with E-state index in [9.17, 15) is 9.90 Å². The smallest absolute Gasteiger partial charge is 0.232 e. The first-order chi connectivity index (χ1) is 17.6. The number of hydrogen-bond acceptors (Lipinski definition) is 4. The van der Waals surface area contributed by atoms with Gasteiger partial charge in [0.1, 0.15) is 17.6 Å². The highest BCUT2D eigenvalue weighted by Gasteiger charge is 2.42. The van der Waals surface area contributed by atoms with E-state index in [-0.39, 0.29) is 28.3 Å². The lowest BCUT2D eigenvalue weighted by Crippen LogP contribution is -2.51. The normalized spacial score (nSPS) is 15.5. The van der Waals surface area contributed by atoms with Gasteiger partial charge in [0.2, 0.25) is 5.91 Å². The molecule has 1 heterocycles. The summed E-state index contributed by atoms with van der Waals surface area (Å²) in [4.78, 5) is 15.6. The maximum absolute atomic E-state index is 13.2. The summed E-state index contributed by atoms with van der Waals surface area (Å²) in [5, 5.41) is 10.5. The van der Waals surface area contributed by atoms with E-state index in [0.717, 1.165) is 43.5 Å². The van der Waals surface area contributed by atoms with Gasteiger partial charge < -0.3 is 15.6 Å². The number of carbonyl (C=O) groups excluding carboxylic acids is 1. The fourth-order valence-electron chi connectivity index (χ4n) is 5.33. The number of rotatable bonds is 9. The molecule has 1 aliphatic rings. The molecular formula is C30H34Cl2N2O3. The fourth-order valence-corrected chi connectivity index (χ4v) is 5.75. The van der Waals surface area contributed by atoms with Gasteiger partial charge in [-0.05, 0) is 56.7 Å². The molecular weight excluding hydrogens is 507 g/mol. The SMILES string of the molecule is CC(C)(CCC(C(N)=O)(c1ccccc1)c1ccccc1)N1CCC(Oc2cc(O)c(Cl)cc2Cl)CC1. The number of piperidine rings is 1. The second-order valence-corrected chi connectivity index (χ2v) is 11.2. The zero-order chi connectivity index (χ0) is 26.6. The van der Waals surface area contributed by atoms with Gasteiger partial charge in [-0.15, -0.1) is 0 Å². The molecule has 0 radical (unpaired) electrons. The number of phenolic OH excluding ortho intramolecular Hbond substituents is 1. The first-order valence-corrected chi connectivity index (χ1v) is 13.4. The minimum atomic E-state index is -0.908. The molecule has 196 valence electrons. The van der Waals surface area contributed by atoms with E-state index in [0.29, 0.717) is 17.2 Å². The molecule has 7 heteroatoms. The Balaban J connectivity index is 1.47. The second kappa shape index (κ2) is 11.3. The number of ether oxygens (including phenoxy) is 1. The Labute approximate surface area is 229 Å². The number of halogens is 2. The molecule has 0 spiro atoms. The van der Waals surface area contributed by atoms with Crippen molar-refractivity contribution in [3.63, 3.8) is 0 Å². The van der Waals surface area contributed by atoms with Crippen LogP contribution in [0.25, 0.3) is 0 Å². The Morgan fingerprint density at radius 2 is 1.49 bits per heavy atom. The zero-order valence-corrected chi connectivity index (χ0v) is 22.8. The molecule has 1 fully saturated rings. The molecule has 37 heavy (non-hydrogen) atoms. The predicted octanol–water partition coefficient (Wildman–Crippen LogP) is 6.57. The lowest BCUT2D eigenvalue weighted by molar-refractivity contribution is -0.122. The van der Waals surface area contributed by atoms with Crippen molar-refractivity contribution in [2.75, 3.05) is 13.1 Å². The van der Waals surface area contributed by atoms with Crippen LogP contribution >= 0.6 is 23.2 Å². The third kappa shape index (κ3) is 5.90. The Morgan fingerprint density at radius 1 is 0.946 bits per heavy atom. The summed E-state index contributed by atoms with van der Waals surface area (Å²) in [6, 6.07) is 22.7. The molecule has 3 aromatic carbocycles. The standard InChI is InChI=1S/C30H34Cl2N2O3/c1-29(2,34-17-13-23(14-18-34)37-27-20-26(35)24(31)19-25(27)32)15-16-30(28(33)36,21-9-5-3-6-10-21)22-11-7-4-8-12-22/h3-12,19-20,23,35H,13-18H2,1-2H3,(H2,33,36). The number of carbonyl (C=O) groups is 1. The van der Waals surface area contributed by atoms with Crippen molar-refractivity contribution >= 4 is 29.1 Å². The minimum Gasteiger partial charge on any atom is -0.506 e. The molecule has 0 aliphatic carbocycles. The van der Waals surface area contributed by atoms with Gasteiger partial charge in [0, 0.05) is 24.7 Å². The second-order valence-electron chi connectivity index (χ2n) is 10.4. The lowest BCUT2D eigenvalue weighted by atomic mass is 9.69. The molecule has 0 bridgehead atoms. The summed E-state index contributed by atoms with van der Waals surface area (Å²) in [7, 11) is 0. The van der Waals surface area contributed by atoms with Gasteiger partial charge in [-0.25, -0.2) is 0 Å². The Hall–Kier alpha value is -2.73. The highest BCUT2D eigenvalue weighted by atomic mass is 35.5. The number of benzene rings is 3. The molecule has 0 aromatic heterocycles. The highest BCUT2D eigenvalue weighted by Crippen LogP contribution is 2.40. The molecule has 1 aliphatic heterocycles. The molecule has 4 rings (SSSR count). The van der Waals surface area contributed by atoms with Gasteiger partial charge in [-0.3, -0.25) is 9.69 Å². The molecule has 1 saturated heterocycles. The van der Waals surface area contributed by atoms with Gasteiger partial charge in [0.25, 0.3) is 0 Å². The Bertz CT molecular complexity index is 1170. The third-order valence-corrected chi connectivity index (χ3v) is 8.26. The van der Waals surface area contributed by atoms with E-state index < -0.39 is 5.41 Å². The van der Waals surface area contributed by atoms with Gasteiger partial charge in [0.05, 0.1) is 15.5 Å². The average molecular weight is 542 g/mol. The molecule has 0 unspecified atom stereocenters. The lowest BCUT2D eigenvalue weighted by Gasteiger charge is -2.44. The average Bonchev–Trinajstić information content (AvgIpc) is 2.89. The minimum absolute atomic E-state index is 0.0107. The Kier molecular flexibility index (Phi) is 8.37. The van der Waals surface area contributed by atoms with E-state index in [4.69, 9.17) is 33.7 Å². The summed E-state index contributed by atoms with van der Waals surface area (Å²) in [6.07, 6.45) is 3.01. The van der Waals surface area contributed by atoms with Crippen molar-refractivity contribution in [1.82, 2.24) is 4.90 Å². The van der Waals surface area contributed by atoms with Crippen LogP contribution in [0.1, 0.15) is 50.7 Å². The number of likely N-dealkylation sites (tertiary alicyclic amines) is 1. The first-order valence-electron chi connectivity index (χ1n) is 12.6. The van der Waals surface area contributed by atoms with Crippen molar-refractivity contribution < 1.29 is 14.6 Å². The van der Waals surface area contributed by atoms with E-state index in [1.54, 1.807) is 0 Å². The number of aromatic hydroxyl groups is 1. The number of nitrogens with zero attached hydrogens (tertiary/aromatic N) is 1. The van der Waals surface area contributed by atoms with Crippen LogP contribution in [0, 0.1) is 0 Å². The van der Waals surface area contributed by atoms with Crippen LogP contribution in [0.4, 0.5) is 0 Å². The van der Waals surface area contributed by atoms with Gasteiger partial charge >= 0.3 is 0 Å². The van der Waals surface area contributed by atoms with Crippen molar-refractivity contribution in [1.29, 1.82) is 0 Å². The van der Waals surface area contributed by atoms with Crippen molar-refractivity contribution in [3.8, 4) is 11.5 Å². The summed E-state index contributed by atoms with van der Waals surface area (Å²) >= 11 is 12.2. The van der Waals surface area contributed by atoms with Gasteiger partial charge in [-0.2, -0.15) is 0 Å². The zero-order valence-electron chi connectivity index (χ0n) is 21.3. The van der Waals surface area contributed by atoms with E-state index in [2.05, 4.69) is 18.7 Å². The maximum atomic E-state index is 13.2. The Morgan fingerprint density at radius 3 is 2.00 bits per heavy atom. The van der Waals surface area contributed by atoms with E-state index >= 15 is 0 Å². The number of amides is 1. The number of hydrogen-bond donors (Lipinski definition) is 2. The number of primary amides is 1. The van der Waals surface area contributed by atoms with Crippen LogP contribution in [0.3, 0.4) is 0 Å². The van der Waals surface area contributed by atoms with Crippen molar-refractivity contribution in [3.05, 3.63) is 94.0 Å². The first kappa shape index (κ1) is 27.3. The van der Waals surface area contributed by atoms with Crippen molar-refractivity contribution in [2.45, 2.75) is 56.6 Å². The maximum Gasteiger partial charge on any atom is 0.232 e. The summed E-state index contributed by atoms with van der Waals surface area (Å²) in [6.45, 7) is 6.14. The van der Waals surface area contributed by atoms with Crippen molar-refractivity contribution in [2.24, 2.45) is 5.73 Å². The quantitative estimate of drug-likeness (QED) is 0.321. The van der Waals surface area contributed by atoms with Crippen LogP contribution in [0.15, 0.2) is 72.8 Å². The molecule has 0 saturated carbocycles. The van der Waals surface area contributed by atoms with Gasteiger partial charge in [-0.1, -0.05) is 83.9 Å². The summed E-state index contributed by atoms with van der Waals surface area (Å²) in [5.41, 5.74) is 6.92. The molecule has 5 nitrogen and oxygen atoms in total. The highest BCUT2D eigenvalue weighted by molar-refractivity contribution is 6.36. The summed E-state index contributed by atoms with van der Waals surface area (Å²) < 4.78 is 6.11. The molecule has 0 atom stereocenters. The summed E-state index contributed by atoms with van der Waals surface area (Å²) in [5.74, 6) is 0.0588. The van der Waals surface area contributed by atoms with E-state index in [1.165, 1.54) is 12.1 Å². The van der Waals surface area contributed by atoms with Crippen LogP contribution in [-0.4, -0.2) is 40.6 Å². The van der Waals surface area contributed by atoms with Crippen LogP contribution in [0.2, 0.25) is 10.0 Å². The predicted molar refractivity (Wildman–Crippen MR) is 150 cm³/mol. The van der Waals surface area contributed by atoms with Crippen LogP contribution in [-0.2, 0) is 10.2 Å². The van der Waals surface area contributed by atoms with Crippen LogP contribution in [0.5, 0.6) is 11.5 Å². The topological polar surface area (TPSA) is 75.8 Å². The molecule has 3 N–H and O–H groups in total. The largest absolute Gasteiger partial charge is 0.506 e.